The Morgan fingerprint density at radius 1 is 1.03 bits per heavy atom. The van der Waals surface area contributed by atoms with Crippen LogP contribution in [0.15, 0.2) is 6.20 Å². The molecule has 7 N–H and O–H groups in total. The maximum atomic E-state index is 11.0. The molecule has 1 heterocycles. The first-order chi connectivity index (χ1) is 13.1. The van der Waals surface area contributed by atoms with E-state index in [4.69, 9.17) is 5.11 Å². The largest absolute Gasteiger partial charge is 0.412 e. The number of hydrogen-bond donors (Lipinski definition) is 3. The molecular formula is C24H44N2O4. The molecule has 1 aromatic rings. The molecule has 0 aromatic carbocycles. The van der Waals surface area contributed by atoms with Crippen LogP contribution in [0.1, 0.15) is 84.4 Å². The van der Waals surface area contributed by atoms with Gasteiger partial charge in [0.1, 0.15) is 0 Å². The van der Waals surface area contributed by atoms with Crippen molar-refractivity contribution in [1.82, 2.24) is 10.2 Å². The summed E-state index contributed by atoms with van der Waals surface area (Å²) in [5, 5.41) is 26.7. The minimum Gasteiger partial charge on any atom is -0.412 e. The summed E-state index contributed by atoms with van der Waals surface area (Å²) in [6.45, 7) is 10.5. The van der Waals surface area contributed by atoms with Gasteiger partial charge in [0.2, 0.25) is 0 Å². The van der Waals surface area contributed by atoms with Crippen LogP contribution in [-0.2, 0) is 12.8 Å². The number of H-pyrrole nitrogens is 1. The molecule has 4 aliphatic rings. The highest BCUT2D eigenvalue weighted by Gasteiger charge is 2.63. The molecule has 0 amide bonds. The third-order valence-corrected chi connectivity index (χ3v) is 9.46. The van der Waals surface area contributed by atoms with Gasteiger partial charge in [-0.15, -0.1) is 0 Å². The van der Waals surface area contributed by atoms with Crippen molar-refractivity contribution >= 4 is 0 Å². The van der Waals surface area contributed by atoms with Crippen LogP contribution in [0.5, 0.6) is 0 Å². The van der Waals surface area contributed by atoms with Crippen molar-refractivity contribution < 1.29 is 21.2 Å². The third-order valence-electron chi connectivity index (χ3n) is 9.46. The molecular weight excluding hydrogens is 380 g/mol. The molecule has 0 saturated heterocycles. The molecule has 0 radical (unpaired) electrons. The Labute approximate surface area is 181 Å². The fourth-order valence-electron chi connectivity index (χ4n) is 7.71. The van der Waals surface area contributed by atoms with E-state index in [1.807, 2.05) is 0 Å². The van der Waals surface area contributed by atoms with Crippen LogP contribution in [0.4, 0.5) is 0 Å². The van der Waals surface area contributed by atoms with Gasteiger partial charge in [0, 0.05) is 11.8 Å². The average Bonchev–Trinajstić information content (AvgIpc) is 3.13. The summed E-state index contributed by atoms with van der Waals surface area (Å²) in [6.07, 6.45) is 11.8. The van der Waals surface area contributed by atoms with Crippen LogP contribution < -0.4 is 0 Å². The first-order valence-corrected chi connectivity index (χ1v) is 11.5. The topological polar surface area (TPSA) is 132 Å². The highest BCUT2D eigenvalue weighted by molar-refractivity contribution is 5.26. The molecule has 1 aromatic heterocycles. The molecule has 30 heavy (non-hydrogen) atoms. The fraction of sp³-hybridized carbons (Fsp3) is 0.875. The minimum atomic E-state index is -0.454. The third kappa shape index (κ3) is 3.74. The Bertz CT molecular complexity index is 715. The molecule has 6 heteroatoms. The molecule has 174 valence electrons. The van der Waals surface area contributed by atoms with Crippen molar-refractivity contribution in [2.24, 2.45) is 34.5 Å². The highest BCUT2D eigenvalue weighted by atomic mass is 16.3. The Morgan fingerprint density at radius 3 is 2.33 bits per heavy atom. The Morgan fingerprint density at radius 2 is 1.67 bits per heavy atom. The van der Waals surface area contributed by atoms with Crippen molar-refractivity contribution in [2.75, 3.05) is 0 Å². The SMILES string of the molecule is CC(C)O.C[C@]12Cc3cn[nH]c3C[C@@H]1CC[C@@H]1[C@@H]2CC[C@@]2(C)[C@H]1CC[C@]2(C)O.O.O. The van der Waals surface area contributed by atoms with Gasteiger partial charge in [-0.25, -0.2) is 0 Å². The van der Waals surface area contributed by atoms with Gasteiger partial charge in [0.05, 0.1) is 11.8 Å². The van der Waals surface area contributed by atoms with E-state index in [0.717, 1.165) is 30.1 Å². The van der Waals surface area contributed by atoms with Gasteiger partial charge in [-0.3, -0.25) is 5.10 Å². The van der Waals surface area contributed by atoms with E-state index in [1.54, 1.807) is 13.8 Å². The van der Waals surface area contributed by atoms with E-state index >= 15 is 0 Å². The number of aliphatic hydroxyl groups is 2. The molecule has 3 fully saturated rings. The highest BCUT2D eigenvalue weighted by Crippen LogP contribution is 2.67. The van der Waals surface area contributed by atoms with Crippen molar-refractivity contribution in [3.05, 3.63) is 17.5 Å². The van der Waals surface area contributed by atoms with Crippen molar-refractivity contribution in [2.45, 2.75) is 97.7 Å². The molecule has 3 saturated carbocycles. The molecule has 0 bridgehead atoms. The van der Waals surface area contributed by atoms with E-state index in [0.29, 0.717) is 5.41 Å². The summed E-state index contributed by atoms with van der Waals surface area (Å²) in [5.41, 5.74) is 3.01. The van der Waals surface area contributed by atoms with E-state index in [-0.39, 0.29) is 22.5 Å². The Balaban J connectivity index is 0.000000494. The summed E-state index contributed by atoms with van der Waals surface area (Å²) in [6, 6.07) is 0. The zero-order valence-corrected chi connectivity index (χ0v) is 19.5. The number of aliphatic hydroxyl groups excluding tert-OH is 1. The molecule has 6 nitrogen and oxygen atoms in total. The standard InChI is InChI=1S/C21H32N2O.C3H8O.2H2O/c1-19-11-13-12-22-23-18(13)10-14(19)4-5-15-16(19)6-8-20(2)17(15)7-9-21(20,3)24;1-3(2)4;;/h12,14-17,24H,4-11H2,1-3H3,(H,22,23);3-4H,1-2H3;2*1H2/t14-,15+,16-,17-,19-,20-,21-;;;/m0.../s1. The van der Waals surface area contributed by atoms with E-state index in [2.05, 4.69) is 37.2 Å². The van der Waals surface area contributed by atoms with Crippen molar-refractivity contribution in [3.8, 4) is 0 Å². The zero-order chi connectivity index (χ0) is 20.3. The van der Waals surface area contributed by atoms with Gasteiger partial charge >= 0.3 is 0 Å². The summed E-state index contributed by atoms with van der Waals surface area (Å²) < 4.78 is 0. The number of rotatable bonds is 0. The second-order valence-corrected chi connectivity index (χ2v) is 11.3. The minimum absolute atomic E-state index is 0. The maximum absolute atomic E-state index is 11.0. The van der Waals surface area contributed by atoms with Crippen LogP contribution in [0.2, 0.25) is 0 Å². The quantitative estimate of drug-likeness (QED) is 0.591. The molecule has 0 aliphatic heterocycles. The van der Waals surface area contributed by atoms with E-state index in [9.17, 15) is 5.11 Å². The number of nitrogens with zero attached hydrogens (tertiary/aromatic N) is 1. The fourth-order valence-corrected chi connectivity index (χ4v) is 7.71. The van der Waals surface area contributed by atoms with Gasteiger partial charge in [-0.2, -0.15) is 5.10 Å². The first kappa shape index (κ1) is 25.3. The lowest BCUT2D eigenvalue weighted by atomic mass is 9.44. The molecule has 0 unspecified atom stereocenters. The second-order valence-electron chi connectivity index (χ2n) is 11.3. The van der Waals surface area contributed by atoms with E-state index < -0.39 is 5.60 Å². The van der Waals surface area contributed by atoms with Crippen molar-refractivity contribution in [1.29, 1.82) is 0 Å². The summed E-state index contributed by atoms with van der Waals surface area (Å²) >= 11 is 0. The summed E-state index contributed by atoms with van der Waals surface area (Å²) in [5.74, 6) is 3.21. The lowest BCUT2D eigenvalue weighted by Crippen LogP contribution is -2.56. The monoisotopic (exact) mass is 424 g/mol. The van der Waals surface area contributed by atoms with Crippen LogP contribution >= 0.6 is 0 Å². The molecule has 4 aliphatic carbocycles. The maximum Gasteiger partial charge on any atom is 0.0675 e. The Kier molecular flexibility index (Phi) is 7.20. The number of fused-ring (bicyclic) bond motifs is 6. The predicted octanol–water partition coefficient (Wildman–Crippen LogP) is 2.86. The first-order valence-electron chi connectivity index (χ1n) is 11.5. The van der Waals surface area contributed by atoms with Crippen LogP contribution in [0, 0.1) is 34.5 Å². The number of aromatic nitrogens is 2. The normalized spacial score (nSPS) is 43.6. The molecule has 0 spiro atoms. The van der Waals surface area contributed by atoms with Gasteiger partial charge in [0.15, 0.2) is 0 Å². The smallest absolute Gasteiger partial charge is 0.0675 e. The van der Waals surface area contributed by atoms with Gasteiger partial charge in [0.25, 0.3) is 0 Å². The lowest BCUT2D eigenvalue weighted by molar-refractivity contribution is -0.139. The molecule has 5 rings (SSSR count). The van der Waals surface area contributed by atoms with Gasteiger partial charge in [-0.05, 0) is 112 Å². The zero-order valence-electron chi connectivity index (χ0n) is 19.5. The lowest BCUT2D eigenvalue weighted by Gasteiger charge is -2.60. The van der Waals surface area contributed by atoms with Crippen LogP contribution in [0.3, 0.4) is 0 Å². The Hall–Kier alpha value is -0.950. The summed E-state index contributed by atoms with van der Waals surface area (Å²) in [4.78, 5) is 0. The predicted molar refractivity (Wildman–Crippen MR) is 119 cm³/mol. The van der Waals surface area contributed by atoms with Crippen LogP contribution in [0.25, 0.3) is 0 Å². The second kappa shape index (κ2) is 8.53. The van der Waals surface area contributed by atoms with Gasteiger partial charge in [-0.1, -0.05) is 13.8 Å². The number of nitrogens with one attached hydrogen (secondary N) is 1. The molecule has 7 atom stereocenters. The van der Waals surface area contributed by atoms with Crippen LogP contribution in [-0.4, -0.2) is 43.1 Å². The van der Waals surface area contributed by atoms with Crippen molar-refractivity contribution in [3.63, 3.8) is 0 Å². The number of hydrogen-bond acceptors (Lipinski definition) is 3. The average molecular weight is 425 g/mol. The van der Waals surface area contributed by atoms with E-state index in [1.165, 1.54) is 56.2 Å². The van der Waals surface area contributed by atoms with Gasteiger partial charge < -0.3 is 21.2 Å². The summed E-state index contributed by atoms with van der Waals surface area (Å²) in [7, 11) is 0. The number of aromatic amines is 1.